The van der Waals surface area contributed by atoms with Crippen LogP contribution in [0.4, 0.5) is 5.69 Å². The molecule has 1 atom stereocenters. The van der Waals surface area contributed by atoms with Gasteiger partial charge in [0.15, 0.2) is 0 Å². The molecule has 0 aromatic heterocycles. The SMILES string of the molecule is Cc1ccc(Br)cc1NC(=O)CCNC(=O)C1CNCCO1.Cl. The summed E-state index contributed by atoms with van der Waals surface area (Å²) in [5.74, 6) is -0.317. The molecular formula is C15H21BrClN3O3. The molecule has 0 aliphatic carbocycles. The lowest BCUT2D eigenvalue weighted by molar-refractivity contribution is -0.134. The molecule has 1 aromatic rings. The first-order chi connectivity index (χ1) is 10.6. The summed E-state index contributed by atoms with van der Waals surface area (Å²) in [6.45, 7) is 4.02. The van der Waals surface area contributed by atoms with Crippen LogP contribution in [0.1, 0.15) is 12.0 Å². The first-order valence-electron chi connectivity index (χ1n) is 7.22. The number of amides is 2. The summed E-state index contributed by atoms with van der Waals surface area (Å²) >= 11 is 3.37. The van der Waals surface area contributed by atoms with Crippen molar-refractivity contribution in [2.75, 3.05) is 31.6 Å². The molecule has 6 nitrogen and oxygen atoms in total. The molecule has 23 heavy (non-hydrogen) atoms. The molecule has 2 amide bonds. The average Bonchev–Trinajstić information content (AvgIpc) is 2.51. The quantitative estimate of drug-likeness (QED) is 0.694. The second kappa shape index (κ2) is 9.87. The van der Waals surface area contributed by atoms with Crippen LogP contribution in [0.2, 0.25) is 0 Å². The topological polar surface area (TPSA) is 79.5 Å². The summed E-state index contributed by atoms with van der Waals surface area (Å²) < 4.78 is 6.25. The van der Waals surface area contributed by atoms with Crippen LogP contribution in [0.3, 0.4) is 0 Å². The highest BCUT2D eigenvalue weighted by atomic mass is 79.9. The highest BCUT2D eigenvalue weighted by Crippen LogP contribution is 2.20. The normalized spacial score (nSPS) is 17.0. The number of carbonyl (C=O) groups excluding carboxylic acids is 2. The van der Waals surface area contributed by atoms with E-state index in [1.54, 1.807) is 0 Å². The lowest BCUT2D eigenvalue weighted by Gasteiger charge is -2.22. The third-order valence-electron chi connectivity index (χ3n) is 3.35. The van der Waals surface area contributed by atoms with Crippen molar-refractivity contribution in [2.45, 2.75) is 19.4 Å². The Morgan fingerprint density at radius 2 is 2.22 bits per heavy atom. The smallest absolute Gasteiger partial charge is 0.250 e. The standard InChI is InChI=1S/C15H20BrN3O3.ClH/c1-10-2-3-11(16)8-12(10)19-14(20)4-5-18-15(21)13-9-17-6-7-22-13;/h2-3,8,13,17H,4-7,9H2,1H3,(H,18,21)(H,19,20);1H. The van der Waals surface area contributed by atoms with Gasteiger partial charge in [0.1, 0.15) is 6.10 Å². The first-order valence-corrected chi connectivity index (χ1v) is 8.01. The van der Waals surface area contributed by atoms with Gasteiger partial charge in [-0.1, -0.05) is 22.0 Å². The van der Waals surface area contributed by atoms with Crippen molar-refractivity contribution < 1.29 is 14.3 Å². The summed E-state index contributed by atoms with van der Waals surface area (Å²) in [4.78, 5) is 23.7. The fourth-order valence-corrected chi connectivity index (χ4v) is 2.45. The van der Waals surface area contributed by atoms with Gasteiger partial charge in [0.05, 0.1) is 6.61 Å². The summed E-state index contributed by atoms with van der Waals surface area (Å²) in [5, 5.41) is 8.65. The molecule has 1 aromatic carbocycles. The van der Waals surface area contributed by atoms with Crippen LogP contribution in [-0.2, 0) is 14.3 Å². The molecule has 0 bridgehead atoms. The summed E-state index contributed by atoms with van der Waals surface area (Å²) in [5.41, 5.74) is 1.76. The Balaban J connectivity index is 0.00000264. The number of rotatable bonds is 5. The van der Waals surface area contributed by atoms with Gasteiger partial charge in [-0.3, -0.25) is 9.59 Å². The number of hydrogen-bond acceptors (Lipinski definition) is 4. The molecule has 1 fully saturated rings. The van der Waals surface area contributed by atoms with E-state index in [-0.39, 0.29) is 37.2 Å². The maximum absolute atomic E-state index is 11.9. The number of morpholine rings is 1. The van der Waals surface area contributed by atoms with Crippen LogP contribution in [0.25, 0.3) is 0 Å². The van der Waals surface area contributed by atoms with Gasteiger partial charge in [-0.25, -0.2) is 0 Å². The van der Waals surface area contributed by atoms with Crippen LogP contribution in [0, 0.1) is 6.92 Å². The highest BCUT2D eigenvalue weighted by Gasteiger charge is 2.21. The molecular weight excluding hydrogens is 386 g/mol. The molecule has 1 aliphatic heterocycles. The average molecular weight is 407 g/mol. The molecule has 128 valence electrons. The predicted molar refractivity (Wildman–Crippen MR) is 95.0 cm³/mol. The van der Waals surface area contributed by atoms with Gasteiger partial charge in [-0.05, 0) is 24.6 Å². The molecule has 2 rings (SSSR count). The number of anilines is 1. The number of nitrogens with one attached hydrogen (secondary N) is 3. The summed E-state index contributed by atoms with van der Waals surface area (Å²) in [7, 11) is 0. The molecule has 1 unspecified atom stereocenters. The largest absolute Gasteiger partial charge is 0.366 e. The molecule has 1 aliphatic rings. The molecule has 0 radical (unpaired) electrons. The van der Waals surface area contributed by atoms with E-state index in [2.05, 4.69) is 31.9 Å². The second-order valence-electron chi connectivity index (χ2n) is 5.11. The number of carbonyl (C=O) groups is 2. The zero-order valence-electron chi connectivity index (χ0n) is 12.9. The fourth-order valence-electron chi connectivity index (χ4n) is 2.09. The first kappa shape index (κ1) is 19.9. The van der Waals surface area contributed by atoms with Crippen LogP contribution in [0.5, 0.6) is 0 Å². The second-order valence-corrected chi connectivity index (χ2v) is 6.03. The van der Waals surface area contributed by atoms with Gasteiger partial charge < -0.3 is 20.7 Å². The zero-order chi connectivity index (χ0) is 15.9. The van der Waals surface area contributed by atoms with Crippen molar-refractivity contribution in [3.05, 3.63) is 28.2 Å². The van der Waals surface area contributed by atoms with Gasteiger partial charge in [0, 0.05) is 36.2 Å². The third-order valence-corrected chi connectivity index (χ3v) is 3.84. The highest BCUT2D eigenvalue weighted by molar-refractivity contribution is 9.10. The number of benzene rings is 1. The van der Waals surface area contributed by atoms with Gasteiger partial charge in [0.25, 0.3) is 0 Å². The maximum Gasteiger partial charge on any atom is 0.250 e. The molecule has 3 N–H and O–H groups in total. The minimum Gasteiger partial charge on any atom is -0.366 e. The lowest BCUT2D eigenvalue weighted by atomic mass is 10.2. The minimum atomic E-state index is -0.468. The number of halogens is 2. The Hall–Kier alpha value is -1.15. The molecule has 0 spiro atoms. The monoisotopic (exact) mass is 405 g/mol. The van der Waals surface area contributed by atoms with Crippen LogP contribution in [0.15, 0.2) is 22.7 Å². The van der Waals surface area contributed by atoms with E-state index in [9.17, 15) is 9.59 Å². The number of hydrogen-bond donors (Lipinski definition) is 3. The van der Waals surface area contributed by atoms with Crippen molar-refractivity contribution >= 4 is 45.8 Å². The minimum absolute atomic E-state index is 0. The van der Waals surface area contributed by atoms with E-state index < -0.39 is 6.10 Å². The molecule has 1 saturated heterocycles. The Morgan fingerprint density at radius 3 is 2.91 bits per heavy atom. The van der Waals surface area contributed by atoms with Crippen LogP contribution >= 0.6 is 28.3 Å². The Labute approximate surface area is 150 Å². The summed E-state index contributed by atoms with van der Waals surface area (Å²) in [6.07, 6.45) is -0.248. The van der Waals surface area contributed by atoms with Crippen molar-refractivity contribution in [3.63, 3.8) is 0 Å². The molecule has 0 saturated carbocycles. The Kier molecular flexibility index (Phi) is 8.54. The lowest BCUT2D eigenvalue weighted by Crippen LogP contribution is -2.48. The van der Waals surface area contributed by atoms with E-state index >= 15 is 0 Å². The summed E-state index contributed by atoms with van der Waals surface area (Å²) in [6, 6.07) is 5.70. The van der Waals surface area contributed by atoms with E-state index in [1.165, 1.54) is 0 Å². The van der Waals surface area contributed by atoms with Crippen molar-refractivity contribution in [2.24, 2.45) is 0 Å². The molecule has 1 heterocycles. The molecule has 8 heteroatoms. The number of ether oxygens (including phenoxy) is 1. The fraction of sp³-hybridized carbons (Fsp3) is 0.467. The Bertz CT molecular complexity index is 551. The van der Waals surface area contributed by atoms with Crippen LogP contribution in [-0.4, -0.2) is 44.2 Å². The van der Waals surface area contributed by atoms with Crippen molar-refractivity contribution in [1.82, 2.24) is 10.6 Å². The third kappa shape index (κ3) is 6.47. The predicted octanol–water partition coefficient (Wildman–Crippen LogP) is 1.61. The zero-order valence-corrected chi connectivity index (χ0v) is 15.3. The van der Waals surface area contributed by atoms with E-state index in [1.807, 2.05) is 25.1 Å². The van der Waals surface area contributed by atoms with Crippen molar-refractivity contribution in [1.29, 1.82) is 0 Å². The van der Waals surface area contributed by atoms with Gasteiger partial charge >= 0.3 is 0 Å². The van der Waals surface area contributed by atoms with E-state index in [4.69, 9.17) is 4.74 Å². The van der Waals surface area contributed by atoms with Gasteiger partial charge in [0.2, 0.25) is 11.8 Å². The van der Waals surface area contributed by atoms with E-state index in [0.717, 1.165) is 22.3 Å². The number of aryl methyl sites for hydroxylation is 1. The van der Waals surface area contributed by atoms with Crippen molar-refractivity contribution in [3.8, 4) is 0 Å². The maximum atomic E-state index is 11.9. The van der Waals surface area contributed by atoms with Gasteiger partial charge in [-0.15, -0.1) is 12.4 Å². The van der Waals surface area contributed by atoms with Crippen LogP contribution < -0.4 is 16.0 Å². The van der Waals surface area contributed by atoms with E-state index in [0.29, 0.717) is 13.2 Å². The Morgan fingerprint density at radius 1 is 1.43 bits per heavy atom. The van der Waals surface area contributed by atoms with Gasteiger partial charge in [-0.2, -0.15) is 0 Å².